The maximum absolute atomic E-state index is 13.0. The van der Waals surface area contributed by atoms with E-state index in [4.69, 9.17) is 0 Å². The molecular formula is C23H22N4O3S2. The molecule has 0 radical (unpaired) electrons. The monoisotopic (exact) mass is 466 g/mol. The topological polar surface area (TPSA) is 91.4 Å². The fraction of sp³-hybridized carbons (Fsp3) is 0.130. The molecule has 0 spiro atoms. The molecule has 32 heavy (non-hydrogen) atoms. The van der Waals surface area contributed by atoms with Gasteiger partial charge in [0.25, 0.3) is 10.0 Å². The minimum absolute atomic E-state index is 0.170. The molecule has 2 N–H and O–H groups in total. The smallest absolute Gasteiger partial charge is 0.321 e. The summed E-state index contributed by atoms with van der Waals surface area (Å²) in [6.07, 6.45) is 0. The Morgan fingerprint density at radius 2 is 1.72 bits per heavy atom. The van der Waals surface area contributed by atoms with Crippen molar-refractivity contribution in [2.75, 3.05) is 24.1 Å². The molecule has 164 valence electrons. The van der Waals surface area contributed by atoms with Crippen molar-refractivity contribution in [3.05, 3.63) is 72.3 Å². The average Bonchev–Trinajstić information content (AvgIpc) is 3.19. The molecule has 4 rings (SSSR count). The number of anilines is 2. The van der Waals surface area contributed by atoms with Crippen LogP contribution in [0.5, 0.6) is 0 Å². The SMILES string of the molecule is Cc1ccc(S(=O)(=O)Nc2ccc(NC(=O)N(C)C)cc2-c2nc3ccccc3s2)cc1. The van der Waals surface area contributed by atoms with Crippen molar-refractivity contribution in [3.8, 4) is 10.6 Å². The first-order valence-electron chi connectivity index (χ1n) is 9.81. The fourth-order valence-electron chi connectivity index (χ4n) is 3.03. The number of benzene rings is 3. The maximum atomic E-state index is 13.0. The quantitative estimate of drug-likeness (QED) is 0.425. The summed E-state index contributed by atoms with van der Waals surface area (Å²) in [6, 6.07) is 19.1. The van der Waals surface area contributed by atoms with Crippen molar-refractivity contribution < 1.29 is 13.2 Å². The van der Waals surface area contributed by atoms with Crippen LogP contribution < -0.4 is 10.0 Å². The molecule has 7 nitrogen and oxygen atoms in total. The van der Waals surface area contributed by atoms with E-state index in [0.717, 1.165) is 15.8 Å². The van der Waals surface area contributed by atoms with E-state index in [9.17, 15) is 13.2 Å². The Balaban J connectivity index is 1.78. The maximum Gasteiger partial charge on any atom is 0.321 e. The van der Waals surface area contributed by atoms with Gasteiger partial charge in [-0.15, -0.1) is 11.3 Å². The van der Waals surface area contributed by atoms with Crippen molar-refractivity contribution in [2.45, 2.75) is 11.8 Å². The van der Waals surface area contributed by atoms with Gasteiger partial charge in [-0.3, -0.25) is 4.72 Å². The van der Waals surface area contributed by atoms with Crippen LogP contribution in [0.2, 0.25) is 0 Å². The Morgan fingerprint density at radius 3 is 2.41 bits per heavy atom. The van der Waals surface area contributed by atoms with Crippen molar-refractivity contribution in [1.82, 2.24) is 9.88 Å². The van der Waals surface area contributed by atoms with Gasteiger partial charge in [-0.05, 0) is 49.4 Å². The minimum Gasteiger partial charge on any atom is -0.331 e. The van der Waals surface area contributed by atoms with E-state index in [1.165, 1.54) is 16.2 Å². The van der Waals surface area contributed by atoms with Crippen LogP contribution in [-0.2, 0) is 10.0 Å². The third-order valence-electron chi connectivity index (χ3n) is 4.78. The van der Waals surface area contributed by atoms with Crippen molar-refractivity contribution in [3.63, 3.8) is 0 Å². The van der Waals surface area contributed by atoms with Crippen LogP contribution in [0.1, 0.15) is 5.56 Å². The van der Waals surface area contributed by atoms with Gasteiger partial charge in [0.2, 0.25) is 0 Å². The highest BCUT2D eigenvalue weighted by atomic mass is 32.2. The lowest BCUT2D eigenvalue weighted by atomic mass is 10.1. The van der Waals surface area contributed by atoms with E-state index in [0.29, 0.717) is 21.9 Å². The van der Waals surface area contributed by atoms with Gasteiger partial charge in [0.15, 0.2) is 0 Å². The van der Waals surface area contributed by atoms with Crippen molar-refractivity contribution in [2.24, 2.45) is 0 Å². The number of fused-ring (bicyclic) bond motifs is 1. The predicted molar refractivity (Wildman–Crippen MR) is 130 cm³/mol. The Morgan fingerprint density at radius 1 is 1.00 bits per heavy atom. The van der Waals surface area contributed by atoms with Crippen LogP contribution >= 0.6 is 11.3 Å². The molecule has 0 aliphatic rings. The highest BCUT2D eigenvalue weighted by Crippen LogP contribution is 2.37. The Labute approximate surface area is 190 Å². The molecule has 3 aromatic carbocycles. The molecule has 0 bridgehead atoms. The predicted octanol–water partition coefficient (Wildman–Crippen LogP) is 5.17. The second kappa shape index (κ2) is 8.60. The van der Waals surface area contributed by atoms with Crippen molar-refractivity contribution >= 4 is 49.0 Å². The Hall–Kier alpha value is -3.43. The second-order valence-electron chi connectivity index (χ2n) is 7.49. The molecule has 0 atom stereocenters. The number of nitrogens with one attached hydrogen (secondary N) is 2. The van der Waals surface area contributed by atoms with Gasteiger partial charge in [0.05, 0.1) is 20.8 Å². The number of thiazole rings is 1. The zero-order valence-electron chi connectivity index (χ0n) is 17.8. The first-order chi connectivity index (χ1) is 15.2. The normalized spacial score (nSPS) is 11.3. The summed E-state index contributed by atoms with van der Waals surface area (Å²) < 4.78 is 29.7. The van der Waals surface area contributed by atoms with Gasteiger partial charge in [0.1, 0.15) is 5.01 Å². The molecule has 0 fully saturated rings. The first-order valence-corrected chi connectivity index (χ1v) is 12.1. The summed E-state index contributed by atoms with van der Waals surface area (Å²) in [4.78, 5) is 18.4. The van der Waals surface area contributed by atoms with Gasteiger partial charge in [-0.2, -0.15) is 0 Å². The summed E-state index contributed by atoms with van der Waals surface area (Å²) >= 11 is 1.45. The standard InChI is InChI=1S/C23H22N4O3S2/c1-15-8-11-17(12-9-15)32(29,30)26-19-13-10-16(24-23(28)27(2)3)14-18(19)22-25-20-6-4-5-7-21(20)31-22/h4-14,26H,1-3H3,(H,24,28). The summed E-state index contributed by atoms with van der Waals surface area (Å²) in [5.74, 6) is 0. The van der Waals surface area contributed by atoms with E-state index < -0.39 is 10.0 Å². The largest absolute Gasteiger partial charge is 0.331 e. The minimum atomic E-state index is -3.81. The van der Waals surface area contributed by atoms with Gasteiger partial charge in [-0.1, -0.05) is 29.8 Å². The van der Waals surface area contributed by atoms with Gasteiger partial charge >= 0.3 is 6.03 Å². The zero-order valence-corrected chi connectivity index (χ0v) is 19.4. The van der Waals surface area contributed by atoms with Gasteiger partial charge < -0.3 is 10.2 Å². The number of sulfonamides is 1. The van der Waals surface area contributed by atoms with E-state index in [2.05, 4.69) is 15.0 Å². The van der Waals surface area contributed by atoms with E-state index >= 15 is 0 Å². The number of amides is 2. The van der Waals surface area contributed by atoms with Crippen LogP contribution in [0.4, 0.5) is 16.2 Å². The van der Waals surface area contributed by atoms with Crippen LogP contribution in [0.25, 0.3) is 20.8 Å². The molecule has 0 aliphatic heterocycles. The number of carbonyl (C=O) groups is 1. The number of nitrogens with zero attached hydrogens (tertiary/aromatic N) is 2. The molecule has 0 unspecified atom stereocenters. The van der Waals surface area contributed by atoms with Crippen molar-refractivity contribution in [1.29, 1.82) is 0 Å². The lowest BCUT2D eigenvalue weighted by molar-refractivity contribution is 0.230. The number of hydrogen-bond acceptors (Lipinski definition) is 5. The van der Waals surface area contributed by atoms with Crippen LogP contribution in [0.3, 0.4) is 0 Å². The number of hydrogen-bond donors (Lipinski definition) is 2. The number of aryl methyl sites for hydroxylation is 1. The zero-order chi connectivity index (χ0) is 22.9. The van der Waals surface area contributed by atoms with Crippen LogP contribution in [0, 0.1) is 6.92 Å². The number of rotatable bonds is 5. The first kappa shape index (κ1) is 21.8. The van der Waals surface area contributed by atoms with Gasteiger partial charge in [-0.25, -0.2) is 18.2 Å². The van der Waals surface area contributed by atoms with Gasteiger partial charge in [0, 0.05) is 25.3 Å². The summed E-state index contributed by atoms with van der Waals surface area (Å²) in [5.41, 5.74) is 3.30. The third kappa shape index (κ3) is 4.58. The fourth-order valence-corrected chi connectivity index (χ4v) is 5.11. The van der Waals surface area contributed by atoms with E-state index in [-0.39, 0.29) is 10.9 Å². The van der Waals surface area contributed by atoms with E-state index in [1.807, 2.05) is 31.2 Å². The molecule has 0 saturated heterocycles. The van der Waals surface area contributed by atoms with Crippen LogP contribution in [-0.4, -0.2) is 38.4 Å². The average molecular weight is 467 g/mol. The lowest BCUT2D eigenvalue weighted by Gasteiger charge is -2.15. The molecule has 2 amide bonds. The molecule has 9 heteroatoms. The molecule has 0 aliphatic carbocycles. The molecule has 1 heterocycles. The molecular weight excluding hydrogens is 444 g/mol. The number of urea groups is 1. The molecule has 4 aromatic rings. The molecule has 1 aromatic heterocycles. The third-order valence-corrected chi connectivity index (χ3v) is 7.23. The number of carbonyl (C=O) groups excluding carboxylic acids is 1. The van der Waals surface area contributed by atoms with Crippen LogP contribution in [0.15, 0.2) is 71.6 Å². The summed E-state index contributed by atoms with van der Waals surface area (Å²) in [6.45, 7) is 1.90. The number of aromatic nitrogens is 1. The highest BCUT2D eigenvalue weighted by molar-refractivity contribution is 7.92. The lowest BCUT2D eigenvalue weighted by Crippen LogP contribution is -2.27. The second-order valence-corrected chi connectivity index (χ2v) is 10.2. The van der Waals surface area contributed by atoms with E-state index in [1.54, 1.807) is 56.6 Å². The summed E-state index contributed by atoms with van der Waals surface area (Å²) in [5, 5.41) is 3.45. The Bertz CT molecular complexity index is 1360. The number of para-hydroxylation sites is 1. The Kier molecular flexibility index (Phi) is 5.86. The summed E-state index contributed by atoms with van der Waals surface area (Å²) in [7, 11) is -0.515. The molecule has 0 saturated carbocycles. The highest BCUT2D eigenvalue weighted by Gasteiger charge is 2.19.